The molecule has 3 atom stereocenters. The highest BCUT2D eigenvalue weighted by molar-refractivity contribution is 14.2. The zero-order chi connectivity index (χ0) is 22.1. The molecule has 0 heterocycles. The molecule has 1 N–H and O–H groups in total. The molecule has 9 heteroatoms. The summed E-state index contributed by atoms with van der Waals surface area (Å²) in [7, 11) is 2.80. The van der Waals surface area contributed by atoms with Crippen molar-refractivity contribution in [1.82, 2.24) is 5.32 Å². The van der Waals surface area contributed by atoms with Crippen molar-refractivity contribution in [1.29, 1.82) is 0 Å². The first-order chi connectivity index (χ1) is 14.4. The number of rotatable bonds is 9. The topological polar surface area (TPSA) is 94.1 Å². The van der Waals surface area contributed by atoms with Crippen LogP contribution in [0, 0.1) is 5.41 Å². The van der Waals surface area contributed by atoms with E-state index in [0.717, 1.165) is 12.0 Å². The number of carbonyl (C=O) groups is 3. The Morgan fingerprint density at radius 2 is 2.00 bits per heavy atom. The van der Waals surface area contributed by atoms with Gasteiger partial charge in [0.1, 0.15) is 16.8 Å². The number of amides is 1. The number of nitrogens with zero attached hydrogens (tertiary/aromatic N) is 1. The van der Waals surface area contributed by atoms with Crippen molar-refractivity contribution in [2.75, 3.05) is 13.7 Å². The SMILES string of the molecule is CCOC(=O)[C@]1(C[C@H](NC(C)=O)C(=O)OC)CCCC1=NC(SI)c1ccccc1. The molecule has 0 radical (unpaired) electrons. The third kappa shape index (κ3) is 5.96. The minimum atomic E-state index is -1.07. The quantitative estimate of drug-likeness (QED) is 0.372. The number of aliphatic imine (C=N–C) groups is 1. The van der Waals surface area contributed by atoms with Gasteiger partial charge in [-0.2, -0.15) is 0 Å². The summed E-state index contributed by atoms with van der Waals surface area (Å²) in [6.07, 6.45) is 1.95. The van der Waals surface area contributed by atoms with Gasteiger partial charge in [0.15, 0.2) is 0 Å². The smallest absolute Gasteiger partial charge is 0.328 e. The number of carbonyl (C=O) groups excluding carboxylic acids is 3. The summed E-state index contributed by atoms with van der Waals surface area (Å²) in [6, 6.07) is 8.88. The maximum atomic E-state index is 13.1. The minimum absolute atomic E-state index is 0.0599. The predicted molar refractivity (Wildman–Crippen MR) is 125 cm³/mol. The van der Waals surface area contributed by atoms with Gasteiger partial charge < -0.3 is 14.8 Å². The zero-order valence-corrected chi connectivity index (χ0v) is 20.3. The molecule has 0 aliphatic heterocycles. The predicted octanol–water partition coefficient (Wildman–Crippen LogP) is 4.01. The van der Waals surface area contributed by atoms with E-state index in [4.69, 9.17) is 14.5 Å². The van der Waals surface area contributed by atoms with Gasteiger partial charge in [-0.1, -0.05) is 39.3 Å². The molecule has 2 rings (SSSR count). The normalized spacial score (nSPS) is 21.7. The van der Waals surface area contributed by atoms with Crippen LogP contribution in [0.4, 0.5) is 0 Å². The Bertz CT molecular complexity index is 789. The molecule has 0 bridgehead atoms. The van der Waals surface area contributed by atoms with Gasteiger partial charge in [0.05, 0.1) is 13.7 Å². The summed E-state index contributed by atoms with van der Waals surface area (Å²) in [5, 5.41) is 2.43. The Labute approximate surface area is 193 Å². The van der Waals surface area contributed by atoms with Crippen LogP contribution in [0.2, 0.25) is 0 Å². The van der Waals surface area contributed by atoms with Crippen LogP contribution in [-0.4, -0.2) is 43.3 Å². The van der Waals surface area contributed by atoms with Gasteiger partial charge >= 0.3 is 11.9 Å². The highest BCUT2D eigenvalue weighted by Gasteiger charge is 2.50. The van der Waals surface area contributed by atoms with E-state index in [0.29, 0.717) is 18.6 Å². The lowest BCUT2D eigenvalue weighted by Crippen LogP contribution is -2.48. The van der Waals surface area contributed by atoms with Crippen molar-refractivity contribution in [2.24, 2.45) is 10.4 Å². The molecule has 1 aliphatic carbocycles. The largest absolute Gasteiger partial charge is 0.467 e. The number of benzene rings is 1. The number of nitrogens with one attached hydrogen (secondary N) is 1. The summed E-state index contributed by atoms with van der Waals surface area (Å²) in [5.41, 5.74) is 0.662. The Morgan fingerprint density at radius 3 is 2.57 bits per heavy atom. The maximum absolute atomic E-state index is 13.1. The number of esters is 2. The number of methoxy groups -OCH3 is 1. The second kappa shape index (κ2) is 11.7. The van der Waals surface area contributed by atoms with Crippen molar-refractivity contribution < 1.29 is 23.9 Å². The first-order valence-electron chi connectivity index (χ1n) is 9.79. The first kappa shape index (κ1) is 24.6. The number of halogens is 1. The van der Waals surface area contributed by atoms with Crippen LogP contribution in [0.25, 0.3) is 0 Å². The van der Waals surface area contributed by atoms with Crippen LogP contribution in [0.1, 0.15) is 50.5 Å². The molecule has 0 aromatic heterocycles. The lowest BCUT2D eigenvalue weighted by molar-refractivity contribution is -0.153. The molecule has 7 nitrogen and oxygen atoms in total. The Morgan fingerprint density at radius 1 is 1.30 bits per heavy atom. The van der Waals surface area contributed by atoms with Crippen molar-refractivity contribution in [2.45, 2.75) is 50.9 Å². The van der Waals surface area contributed by atoms with E-state index in [1.807, 2.05) is 30.3 Å². The van der Waals surface area contributed by atoms with Gasteiger partial charge in [-0.15, -0.1) is 0 Å². The summed E-state index contributed by atoms with van der Waals surface area (Å²) in [5.74, 6) is -1.38. The van der Waals surface area contributed by atoms with E-state index in [-0.39, 0.29) is 24.3 Å². The summed E-state index contributed by atoms with van der Waals surface area (Å²) in [4.78, 5) is 42.1. The third-order valence-electron chi connectivity index (χ3n) is 5.09. The molecule has 1 aliphatic rings. The van der Waals surface area contributed by atoms with Crippen LogP contribution >= 0.6 is 30.1 Å². The van der Waals surface area contributed by atoms with E-state index in [9.17, 15) is 14.4 Å². The molecule has 0 spiro atoms. The molecule has 0 saturated heterocycles. The van der Waals surface area contributed by atoms with Crippen LogP contribution in [0.15, 0.2) is 35.3 Å². The summed E-state index contributed by atoms with van der Waals surface area (Å²) >= 11 is 2.21. The number of hydrogen-bond acceptors (Lipinski definition) is 7. The van der Waals surface area contributed by atoms with E-state index in [2.05, 4.69) is 26.5 Å². The van der Waals surface area contributed by atoms with Gasteiger partial charge in [-0.3, -0.25) is 14.6 Å². The standard InChI is InChI=1S/C21H27IN2O5S/c1-4-29-20(27)21(13-16(19(26)28-3)23-14(2)25)12-8-11-17(21)24-18(30-22)15-9-6-5-7-10-15/h5-7,9-10,16,18H,4,8,11-13H2,1-3H3,(H,23,25)/t16-,18?,21-/m0/s1. The molecule has 1 saturated carbocycles. The van der Waals surface area contributed by atoms with Crippen LogP contribution < -0.4 is 5.32 Å². The second-order valence-corrected chi connectivity index (χ2v) is 9.21. The summed E-state index contributed by atoms with van der Waals surface area (Å²) < 4.78 is 10.3. The van der Waals surface area contributed by atoms with E-state index < -0.39 is 23.4 Å². The fourth-order valence-corrected chi connectivity index (χ4v) is 5.41. The molecule has 30 heavy (non-hydrogen) atoms. The first-order valence-corrected chi connectivity index (χ1v) is 13.2. The van der Waals surface area contributed by atoms with Crippen molar-refractivity contribution in [3.8, 4) is 0 Å². The summed E-state index contributed by atoms with van der Waals surface area (Å²) in [6.45, 7) is 3.30. The highest BCUT2D eigenvalue weighted by atomic mass is 127. The maximum Gasteiger partial charge on any atom is 0.328 e. The average molecular weight is 546 g/mol. The van der Waals surface area contributed by atoms with Crippen molar-refractivity contribution >= 4 is 53.7 Å². The van der Waals surface area contributed by atoms with Gasteiger partial charge in [0.2, 0.25) is 5.91 Å². The zero-order valence-electron chi connectivity index (χ0n) is 17.4. The number of hydrogen-bond donors (Lipinski definition) is 1. The fraction of sp³-hybridized carbons (Fsp3) is 0.524. The van der Waals surface area contributed by atoms with Gasteiger partial charge in [-0.05, 0) is 59.4 Å². The molecule has 1 unspecified atom stereocenters. The average Bonchev–Trinajstić information content (AvgIpc) is 3.14. The van der Waals surface area contributed by atoms with Gasteiger partial charge in [0.25, 0.3) is 0 Å². The molecule has 1 aromatic rings. The van der Waals surface area contributed by atoms with E-state index >= 15 is 0 Å². The molecule has 164 valence electrons. The van der Waals surface area contributed by atoms with Gasteiger partial charge in [-0.25, -0.2) is 4.79 Å². The molecular formula is C21H27IN2O5S. The Balaban J connectivity index is 2.47. The monoisotopic (exact) mass is 546 g/mol. The Kier molecular flexibility index (Phi) is 9.60. The molecular weight excluding hydrogens is 519 g/mol. The minimum Gasteiger partial charge on any atom is -0.467 e. The fourth-order valence-electron chi connectivity index (χ4n) is 3.76. The van der Waals surface area contributed by atoms with Gasteiger partial charge in [0, 0.05) is 12.6 Å². The molecule has 1 aromatic carbocycles. The van der Waals surface area contributed by atoms with E-state index in [1.54, 1.807) is 15.9 Å². The second-order valence-electron chi connectivity index (χ2n) is 7.06. The van der Waals surface area contributed by atoms with Crippen LogP contribution in [0.3, 0.4) is 0 Å². The highest BCUT2D eigenvalue weighted by Crippen LogP contribution is 2.45. The van der Waals surface area contributed by atoms with Crippen molar-refractivity contribution in [3.05, 3.63) is 35.9 Å². The number of ether oxygens (including phenoxy) is 2. The Hall–Kier alpha value is -1.62. The lowest BCUT2D eigenvalue weighted by Gasteiger charge is -2.31. The van der Waals surface area contributed by atoms with Crippen LogP contribution in [0.5, 0.6) is 0 Å². The lowest BCUT2D eigenvalue weighted by atomic mass is 9.78. The third-order valence-corrected chi connectivity index (χ3v) is 7.09. The van der Waals surface area contributed by atoms with Crippen molar-refractivity contribution in [3.63, 3.8) is 0 Å². The van der Waals surface area contributed by atoms with E-state index in [1.165, 1.54) is 14.0 Å². The molecule has 1 amide bonds. The molecule has 1 fully saturated rings. The van der Waals surface area contributed by atoms with Crippen LogP contribution in [-0.2, 0) is 23.9 Å².